The number of hydrazone groups is 1. The number of benzene rings is 2. The van der Waals surface area contributed by atoms with Crippen LogP contribution in [0.3, 0.4) is 0 Å². The first-order valence-corrected chi connectivity index (χ1v) is 8.30. The number of amides is 2. The van der Waals surface area contributed by atoms with Crippen molar-refractivity contribution in [1.29, 1.82) is 0 Å². The van der Waals surface area contributed by atoms with Gasteiger partial charge in [-0.1, -0.05) is 24.3 Å². The zero-order valence-electron chi connectivity index (χ0n) is 14.7. The predicted octanol–water partition coefficient (Wildman–Crippen LogP) is 4.96. The number of hydrogen-bond acceptors (Lipinski definition) is 5. The second-order valence-corrected chi connectivity index (χ2v) is 5.61. The second kappa shape index (κ2) is 9.00. The molecule has 0 aliphatic carbocycles. The molecule has 7 nitrogen and oxygen atoms in total. The van der Waals surface area contributed by atoms with E-state index in [4.69, 9.17) is 0 Å². The van der Waals surface area contributed by atoms with Gasteiger partial charge in [0.2, 0.25) is 0 Å². The monoisotopic (exact) mass is 358 g/mol. The number of nitrogens with zero attached hydrogens (tertiary/aromatic N) is 4. The number of urea groups is 1. The van der Waals surface area contributed by atoms with E-state index < -0.39 is 6.03 Å². The lowest BCUT2D eigenvalue weighted by Crippen LogP contribution is -2.24. The molecule has 3 rings (SSSR count). The van der Waals surface area contributed by atoms with Crippen LogP contribution in [0.25, 0.3) is 0 Å². The summed E-state index contributed by atoms with van der Waals surface area (Å²) in [6.45, 7) is 1.89. The SMILES string of the molecule is Cc1cccc(C=NNC(=O)Nc2ccc(N=Nc3ccccc3)cc2)n1. The van der Waals surface area contributed by atoms with Gasteiger partial charge in [-0.05, 0) is 55.5 Å². The maximum absolute atomic E-state index is 11.9. The van der Waals surface area contributed by atoms with Crippen LogP contribution in [-0.4, -0.2) is 17.2 Å². The van der Waals surface area contributed by atoms with Gasteiger partial charge < -0.3 is 5.32 Å². The van der Waals surface area contributed by atoms with E-state index in [1.807, 2.05) is 49.4 Å². The average Bonchev–Trinajstić information content (AvgIpc) is 2.68. The van der Waals surface area contributed by atoms with E-state index in [-0.39, 0.29) is 0 Å². The minimum Gasteiger partial charge on any atom is -0.307 e. The Bertz CT molecular complexity index is 952. The Labute approximate surface area is 156 Å². The molecule has 0 aliphatic rings. The van der Waals surface area contributed by atoms with E-state index >= 15 is 0 Å². The summed E-state index contributed by atoms with van der Waals surface area (Å²) in [6.07, 6.45) is 1.49. The first-order chi connectivity index (χ1) is 13.2. The Hall–Kier alpha value is -3.87. The molecular formula is C20H18N6O. The molecule has 2 N–H and O–H groups in total. The molecule has 1 heterocycles. The standard InChI is InChI=1S/C20H18N6O/c1-15-6-5-9-19(22-15)14-21-26-20(27)23-16-10-12-18(13-11-16)25-24-17-7-3-2-4-8-17/h2-14H,1H3,(H2,23,26,27). The van der Waals surface area contributed by atoms with E-state index in [1.165, 1.54) is 6.21 Å². The quantitative estimate of drug-likeness (QED) is 0.383. The van der Waals surface area contributed by atoms with Crippen molar-refractivity contribution < 1.29 is 4.79 Å². The lowest BCUT2D eigenvalue weighted by molar-refractivity contribution is 0.252. The van der Waals surface area contributed by atoms with Gasteiger partial charge in [-0.15, -0.1) is 0 Å². The van der Waals surface area contributed by atoms with E-state index in [1.54, 1.807) is 30.3 Å². The molecule has 2 amide bonds. The molecule has 27 heavy (non-hydrogen) atoms. The van der Waals surface area contributed by atoms with Crippen LogP contribution >= 0.6 is 0 Å². The Balaban J connectivity index is 1.51. The lowest BCUT2D eigenvalue weighted by Gasteiger charge is -2.04. The van der Waals surface area contributed by atoms with Crippen molar-refractivity contribution in [2.24, 2.45) is 15.3 Å². The maximum Gasteiger partial charge on any atom is 0.339 e. The van der Waals surface area contributed by atoms with Gasteiger partial charge in [-0.3, -0.25) is 4.98 Å². The van der Waals surface area contributed by atoms with Crippen LogP contribution in [0.1, 0.15) is 11.4 Å². The minimum absolute atomic E-state index is 0.447. The Morgan fingerprint density at radius 2 is 1.59 bits per heavy atom. The Kier molecular flexibility index (Phi) is 5.98. The summed E-state index contributed by atoms with van der Waals surface area (Å²) < 4.78 is 0. The number of carbonyl (C=O) groups is 1. The second-order valence-electron chi connectivity index (χ2n) is 5.61. The van der Waals surface area contributed by atoms with Gasteiger partial charge in [0.25, 0.3) is 0 Å². The lowest BCUT2D eigenvalue weighted by atomic mass is 10.3. The van der Waals surface area contributed by atoms with Gasteiger partial charge in [-0.25, -0.2) is 10.2 Å². The zero-order chi connectivity index (χ0) is 18.9. The number of azo groups is 1. The van der Waals surface area contributed by atoms with Crippen LogP contribution < -0.4 is 10.7 Å². The van der Waals surface area contributed by atoms with Crippen molar-refractivity contribution in [3.05, 3.63) is 84.2 Å². The number of rotatable bonds is 5. The highest BCUT2D eigenvalue weighted by Gasteiger charge is 2.00. The van der Waals surface area contributed by atoms with Crippen molar-refractivity contribution in [2.45, 2.75) is 6.92 Å². The van der Waals surface area contributed by atoms with Crippen molar-refractivity contribution in [3.63, 3.8) is 0 Å². The van der Waals surface area contributed by atoms with E-state index in [0.29, 0.717) is 17.1 Å². The highest BCUT2D eigenvalue weighted by molar-refractivity contribution is 5.90. The Morgan fingerprint density at radius 1 is 0.889 bits per heavy atom. The number of anilines is 1. The molecule has 0 saturated heterocycles. The summed E-state index contributed by atoms with van der Waals surface area (Å²) in [5.41, 5.74) is 6.04. The highest BCUT2D eigenvalue weighted by atomic mass is 16.2. The van der Waals surface area contributed by atoms with Crippen molar-refractivity contribution in [3.8, 4) is 0 Å². The molecule has 0 fully saturated rings. The molecule has 0 radical (unpaired) electrons. The third-order valence-corrected chi connectivity index (χ3v) is 3.44. The van der Waals surface area contributed by atoms with Crippen LogP contribution in [0.2, 0.25) is 0 Å². The third-order valence-electron chi connectivity index (χ3n) is 3.44. The molecule has 0 bridgehead atoms. The summed E-state index contributed by atoms with van der Waals surface area (Å²) in [5.74, 6) is 0. The molecule has 134 valence electrons. The fourth-order valence-corrected chi connectivity index (χ4v) is 2.17. The molecule has 0 atom stereocenters. The van der Waals surface area contributed by atoms with Crippen molar-refractivity contribution in [2.75, 3.05) is 5.32 Å². The molecule has 2 aromatic carbocycles. The maximum atomic E-state index is 11.9. The summed E-state index contributed by atoms with van der Waals surface area (Å²) >= 11 is 0. The van der Waals surface area contributed by atoms with Crippen molar-refractivity contribution in [1.82, 2.24) is 10.4 Å². The molecule has 1 aromatic heterocycles. The van der Waals surface area contributed by atoms with Gasteiger partial charge in [0.1, 0.15) is 0 Å². The van der Waals surface area contributed by atoms with E-state index in [9.17, 15) is 4.79 Å². The highest BCUT2D eigenvalue weighted by Crippen LogP contribution is 2.19. The fraction of sp³-hybridized carbons (Fsp3) is 0.0500. The van der Waals surface area contributed by atoms with Crippen LogP contribution in [0.5, 0.6) is 0 Å². The molecule has 7 heteroatoms. The van der Waals surface area contributed by atoms with Crippen LogP contribution in [0.4, 0.5) is 21.9 Å². The first kappa shape index (κ1) is 17.9. The summed E-state index contributed by atoms with van der Waals surface area (Å²) in [5, 5.41) is 14.9. The van der Waals surface area contributed by atoms with Gasteiger partial charge in [0, 0.05) is 11.4 Å². The number of nitrogens with one attached hydrogen (secondary N) is 2. The first-order valence-electron chi connectivity index (χ1n) is 8.30. The largest absolute Gasteiger partial charge is 0.339 e. The Morgan fingerprint density at radius 3 is 2.30 bits per heavy atom. The van der Waals surface area contributed by atoms with Gasteiger partial charge >= 0.3 is 6.03 Å². The topological polar surface area (TPSA) is 91.1 Å². The summed E-state index contributed by atoms with van der Waals surface area (Å²) in [7, 11) is 0. The molecule has 0 aliphatic heterocycles. The normalized spacial score (nSPS) is 11.0. The van der Waals surface area contributed by atoms with Crippen molar-refractivity contribution >= 4 is 29.3 Å². The van der Waals surface area contributed by atoms with E-state index in [2.05, 4.69) is 31.1 Å². The number of carbonyl (C=O) groups excluding carboxylic acids is 1. The van der Waals surface area contributed by atoms with Gasteiger partial charge in [-0.2, -0.15) is 15.3 Å². The van der Waals surface area contributed by atoms with E-state index in [0.717, 1.165) is 11.4 Å². The number of pyridine rings is 1. The molecular weight excluding hydrogens is 340 g/mol. The predicted molar refractivity (Wildman–Crippen MR) is 106 cm³/mol. The van der Waals surface area contributed by atoms with Crippen LogP contribution in [0, 0.1) is 6.92 Å². The molecule has 0 spiro atoms. The third kappa shape index (κ3) is 5.86. The molecule has 3 aromatic rings. The summed E-state index contributed by atoms with van der Waals surface area (Å²) in [4.78, 5) is 16.1. The number of aromatic nitrogens is 1. The molecule has 0 saturated carbocycles. The molecule has 0 unspecified atom stereocenters. The average molecular weight is 358 g/mol. The van der Waals surface area contributed by atoms with Crippen LogP contribution in [-0.2, 0) is 0 Å². The minimum atomic E-state index is -0.447. The number of hydrogen-bond donors (Lipinski definition) is 2. The smallest absolute Gasteiger partial charge is 0.307 e. The zero-order valence-corrected chi connectivity index (χ0v) is 14.7. The van der Waals surface area contributed by atoms with Gasteiger partial charge in [0.05, 0.1) is 23.3 Å². The van der Waals surface area contributed by atoms with Gasteiger partial charge in [0.15, 0.2) is 0 Å². The fourth-order valence-electron chi connectivity index (χ4n) is 2.17. The summed E-state index contributed by atoms with van der Waals surface area (Å²) in [6, 6.07) is 21.6. The number of aryl methyl sites for hydroxylation is 1. The van der Waals surface area contributed by atoms with Crippen LogP contribution in [0.15, 0.2) is 88.1 Å².